The van der Waals surface area contributed by atoms with Gasteiger partial charge in [-0.2, -0.15) is 4.89 Å². The van der Waals surface area contributed by atoms with Gasteiger partial charge in [-0.25, -0.2) is 14.5 Å². The summed E-state index contributed by atoms with van der Waals surface area (Å²) in [4.78, 5) is 34.8. The number of aliphatic hydroxyl groups is 3. The van der Waals surface area contributed by atoms with Crippen molar-refractivity contribution in [1.29, 1.82) is 0 Å². The highest BCUT2D eigenvalue weighted by atomic mass is 35.5. The Morgan fingerprint density at radius 1 is 0.917 bits per heavy atom. The standard InChI is InChI=1S/C34H37ClO13/c1-43-34(33(47-48-34)20-11-17-10-18(13-20)14-21(33)12-17)23-8-4-19(5-9-24(36)37)29(25(23)35)44-15-16-2-6-22(7-3-16)45-32-28(40)26(38)27(39)30(46-32)31(41)42/h2-9,17-18,20-21,26-28,30,32,38-40H,10-15H2,1H3,(H,36,37)(H,41,42)/b9-5+/t17?,18?,20?,21?,26-,27-,28+,30-,32+,33?,34?/m0/s1. The van der Waals surface area contributed by atoms with Gasteiger partial charge in [0.25, 0.3) is 5.79 Å². The fourth-order valence-electron chi connectivity index (χ4n) is 8.70. The Bertz CT molecular complexity index is 1560. The summed E-state index contributed by atoms with van der Waals surface area (Å²) in [7, 11) is 1.58. The number of carboxylic acid groups (broad SMARTS) is 2. The van der Waals surface area contributed by atoms with Gasteiger partial charge in [-0.1, -0.05) is 35.9 Å². The van der Waals surface area contributed by atoms with Crippen molar-refractivity contribution in [2.75, 3.05) is 7.11 Å². The average Bonchev–Trinajstić information content (AvgIpc) is 3.04. The van der Waals surface area contributed by atoms with Crippen LogP contribution in [0.15, 0.2) is 42.5 Å². The second-order valence-electron chi connectivity index (χ2n) is 13.4. The molecule has 8 rings (SSSR count). The maximum atomic E-state index is 11.4. The molecule has 5 N–H and O–H groups in total. The summed E-state index contributed by atoms with van der Waals surface area (Å²) in [5, 5.41) is 49.1. The molecule has 2 aliphatic heterocycles. The van der Waals surface area contributed by atoms with E-state index in [1.165, 1.54) is 24.6 Å². The molecule has 0 radical (unpaired) electrons. The molecule has 4 bridgehead atoms. The predicted octanol–water partition coefficient (Wildman–Crippen LogP) is 3.24. The maximum Gasteiger partial charge on any atom is 0.335 e. The molecule has 258 valence electrons. The summed E-state index contributed by atoms with van der Waals surface area (Å²) in [6.45, 7) is 0.00298. The molecule has 0 aromatic heterocycles. The van der Waals surface area contributed by atoms with Crippen LogP contribution in [0.5, 0.6) is 11.5 Å². The summed E-state index contributed by atoms with van der Waals surface area (Å²) < 4.78 is 23.2. The third kappa shape index (κ3) is 5.28. The zero-order valence-corrected chi connectivity index (χ0v) is 26.7. The van der Waals surface area contributed by atoms with Gasteiger partial charge < -0.3 is 44.5 Å². The number of aliphatic hydroxyl groups excluding tert-OH is 3. The van der Waals surface area contributed by atoms with Gasteiger partial charge in [0.05, 0.1) is 5.02 Å². The first-order valence-electron chi connectivity index (χ1n) is 15.9. The minimum absolute atomic E-state index is 0.00298. The molecule has 14 heteroatoms. The van der Waals surface area contributed by atoms with E-state index in [-0.39, 0.29) is 35.0 Å². The molecule has 6 fully saturated rings. The lowest BCUT2D eigenvalue weighted by molar-refractivity contribution is -0.645. The van der Waals surface area contributed by atoms with Crippen LogP contribution in [0.1, 0.15) is 48.8 Å². The highest BCUT2D eigenvalue weighted by molar-refractivity contribution is 6.33. The molecule has 0 amide bonds. The maximum absolute atomic E-state index is 11.4. The highest BCUT2D eigenvalue weighted by Crippen LogP contribution is 2.70. The van der Waals surface area contributed by atoms with Gasteiger partial charge in [-0.05, 0) is 79.5 Å². The summed E-state index contributed by atoms with van der Waals surface area (Å²) in [6, 6.07) is 9.84. The third-order valence-corrected chi connectivity index (χ3v) is 11.1. The molecule has 2 aromatic carbocycles. The largest absolute Gasteiger partial charge is 0.487 e. The van der Waals surface area contributed by atoms with E-state index in [1.807, 2.05) is 0 Å². The molecule has 1 unspecified atom stereocenters. The Hall–Kier alpha value is -3.27. The number of hydrogen-bond acceptors (Lipinski definition) is 11. The third-order valence-electron chi connectivity index (χ3n) is 10.7. The molecule has 6 aliphatic rings. The summed E-state index contributed by atoms with van der Waals surface area (Å²) in [5.41, 5.74) is 0.921. The van der Waals surface area contributed by atoms with Crippen LogP contribution in [-0.2, 0) is 41.2 Å². The van der Waals surface area contributed by atoms with Crippen molar-refractivity contribution >= 4 is 29.6 Å². The van der Waals surface area contributed by atoms with Crippen molar-refractivity contribution in [3.05, 3.63) is 64.2 Å². The Morgan fingerprint density at radius 2 is 1.58 bits per heavy atom. The summed E-state index contributed by atoms with van der Waals surface area (Å²) in [5.74, 6) is -1.67. The minimum atomic E-state index is -1.84. The van der Waals surface area contributed by atoms with Gasteiger partial charge in [-0.15, -0.1) is 0 Å². The number of benzene rings is 2. The minimum Gasteiger partial charge on any atom is -0.487 e. The quantitative estimate of drug-likeness (QED) is 0.181. The van der Waals surface area contributed by atoms with E-state index in [1.54, 1.807) is 31.4 Å². The Balaban J connectivity index is 1.13. The van der Waals surface area contributed by atoms with E-state index < -0.39 is 54.0 Å². The Morgan fingerprint density at radius 3 is 2.15 bits per heavy atom. The predicted molar refractivity (Wildman–Crippen MR) is 164 cm³/mol. The van der Waals surface area contributed by atoms with Crippen LogP contribution in [-0.4, -0.2) is 80.9 Å². The first-order chi connectivity index (χ1) is 23.0. The highest BCUT2D eigenvalue weighted by Gasteiger charge is 2.77. The molecule has 13 nitrogen and oxygen atoms in total. The van der Waals surface area contributed by atoms with Crippen molar-refractivity contribution in [1.82, 2.24) is 0 Å². The van der Waals surface area contributed by atoms with Gasteiger partial charge in [0.2, 0.25) is 6.29 Å². The molecule has 4 saturated carbocycles. The molecule has 2 saturated heterocycles. The molecule has 6 atom stereocenters. The Kier molecular flexibility index (Phi) is 8.70. The Labute approximate surface area is 280 Å². The van der Waals surface area contributed by atoms with E-state index in [9.17, 15) is 35.1 Å². The zero-order valence-electron chi connectivity index (χ0n) is 25.9. The number of hydrogen-bond donors (Lipinski definition) is 5. The van der Waals surface area contributed by atoms with E-state index >= 15 is 0 Å². The van der Waals surface area contributed by atoms with Crippen LogP contribution in [0.3, 0.4) is 0 Å². The van der Waals surface area contributed by atoms with Gasteiger partial charge in [0.15, 0.2) is 11.7 Å². The van der Waals surface area contributed by atoms with E-state index in [0.29, 0.717) is 28.5 Å². The molecule has 2 heterocycles. The fraction of sp³-hybridized carbons (Fsp3) is 0.529. The molecular weight excluding hydrogens is 652 g/mol. The van der Waals surface area contributed by atoms with Gasteiger partial charge >= 0.3 is 11.9 Å². The number of methoxy groups -OCH3 is 1. The van der Waals surface area contributed by atoms with Crippen molar-refractivity contribution in [3.63, 3.8) is 0 Å². The number of ether oxygens (including phenoxy) is 4. The van der Waals surface area contributed by atoms with E-state index in [4.69, 9.17) is 40.3 Å². The lowest BCUT2D eigenvalue weighted by Gasteiger charge is -2.68. The number of halogens is 1. The SMILES string of the molecule is COC1(c2ccc(/C=C/C(=O)O)c(OCc3ccc(O[C@@H]4O[C@H](C(=O)O)[C@@H](O)[C@H](O)[C@H]4O)cc3)c2Cl)OOC12C1CC3CC(C1)CC2C3. The fourth-order valence-corrected chi connectivity index (χ4v) is 9.05. The molecule has 1 spiro atoms. The first-order valence-corrected chi connectivity index (χ1v) is 16.3. The van der Waals surface area contributed by atoms with E-state index in [2.05, 4.69) is 0 Å². The second kappa shape index (κ2) is 12.6. The summed E-state index contributed by atoms with van der Waals surface area (Å²) >= 11 is 7.11. The van der Waals surface area contributed by atoms with Gasteiger partial charge in [-0.3, -0.25) is 0 Å². The van der Waals surface area contributed by atoms with Gasteiger partial charge in [0.1, 0.15) is 36.4 Å². The number of carbonyl (C=O) groups is 2. The lowest BCUT2D eigenvalue weighted by atomic mass is 9.47. The molecule has 48 heavy (non-hydrogen) atoms. The van der Waals surface area contributed by atoms with Crippen molar-refractivity contribution in [3.8, 4) is 11.5 Å². The topological polar surface area (TPSA) is 191 Å². The molecule has 2 aromatic rings. The number of aliphatic carboxylic acids is 2. The monoisotopic (exact) mass is 688 g/mol. The summed E-state index contributed by atoms with van der Waals surface area (Å²) in [6.07, 6.45) is -0.889. The molecule has 4 aliphatic carbocycles. The smallest absolute Gasteiger partial charge is 0.335 e. The van der Waals surface area contributed by atoms with Crippen LogP contribution < -0.4 is 9.47 Å². The average molecular weight is 689 g/mol. The number of rotatable bonds is 10. The van der Waals surface area contributed by atoms with Crippen molar-refractivity contribution in [2.24, 2.45) is 23.7 Å². The first kappa shape index (κ1) is 33.2. The van der Waals surface area contributed by atoms with E-state index in [0.717, 1.165) is 31.8 Å². The number of carboxylic acids is 2. The molecular formula is C34H37ClO13. The second-order valence-corrected chi connectivity index (χ2v) is 13.8. The van der Waals surface area contributed by atoms with Crippen molar-refractivity contribution < 1.29 is 63.8 Å². The normalized spacial score (nSPS) is 38.2. The van der Waals surface area contributed by atoms with Crippen LogP contribution in [0.2, 0.25) is 5.02 Å². The van der Waals surface area contributed by atoms with Crippen LogP contribution in [0.25, 0.3) is 6.08 Å². The van der Waals surface area contributed by atoms with Crippen molar-refractivity contribution in [2.45, 2.75) is 80.8 Å². The van der Waals surface area contributed by atoms with Crippen LogP contribution >= 0.6 is 11.6 Å². The van der Waals surface area contributed by atoms with Gasteiger partial charge in [0, 0.05) is 24.3 Å². The lowest BCUT2D eigenvalue weighted by Crippen LogP contribution is -2.76. The van der Waals surface area contributed by atoms with Crippen LogP contribution in [0, 0.1) is 23.7 Å². The van der Waals surface area contributed by atoms with Crippen LogP contribution in [0.4, 0.5) is 0 Å². The zero-order chi connectivity index (χ0) is 34.0.